The fraction of sp³-hybridized carbons (Fsp3) is 0.538. The van der Waals surface area contributed by atoms with E-state index in [9.17, 15) is 8.78 Å². The van der Waals surface area contributed by atoms with Crippen LogP contribution in [-0.2, 0) is 5.54 Å². The van der Waals surface area contributed by atoms with Crippen LogP contribution in [0.1, 0.15) is 36.8 Å². The Hall–Kier alpha value is -0.670. The molecule has 0 atom stereocenters. The summed E-state index contributed by atoms with van der Waals surface area (Å²) < 4.78 is 26.2. The molecule has 1 aliphatic rings. The highest BCUT2D eigenvalue weighted by Crippen LogP contribution is 2.42. The molecule has 2 rings (SSSR count). The summed E-state index contributed by atoms with van der Waals surface area (Å²) >= 11 is 0. The van der Waals surface area contributed by atoms with E-state index >= 15 is 0 Å². The first kappa shape index (κ1) is 14.4. The Morgan fingerprint density at radius 3 is 2.24 bits per heavy atom. The van der Waals surface area contributed by atoms with Gasteiger partial charge in [-0.05, 0) is 25.3 Å². The summed E-state index contributed by atoms with van der Waals surface area (Å²) in [5, 5.41) is 0. The summed E-state index contributed by atoms with van der Waals surface area (Å²) in [4.78, 5) is 0. The molecule has 17 heavy (non-hydrogen) atoms. The highest BCUT2D eigenvalue weighted by Gasteiger charge is 2.41. The zero-order valence-electron chi connectivity index (χ0n) is 9.88. The number of halogens is 3. The first-order chi connectivity index (χ1) is 7.41. The smallest absolute Gasteiger partial charge is 0.248 e. The molecule has 0 radical (unpaired) electrons. The molecule has 0 aliphatic heterocycles. The molecule has 0 aromatic heterocycles. The van der Waals surface area contributed by atoms with Crippen LogP contribution in [0.4, 0.5) is 8.78 Å². The van der Waals surface area contributed by atoms with Gasteiger partial charge in [-0.15, -0.1) is 12.4 Å². The van der Waals surface area contributed by atoms with Crippen LogP contribution in [0.25, 0.3) is 0 Å². The molecule has 1 nitrogen and oxygen atoms in total. The van der Waals surface area contributed by atoms with Gasteiger partial charge in [0.2, 0.25) is 5.92 Å². The van der Waals surface area contributed by atoms with Crippen molar-refractivity contribution in [3.8, 4) is 0 Å². The average Bonchev–Trinajstić information content (AvgIpc) is 2.23. The lowest BCUT2D eigenvalue weighted by Crippen LogP contribution is -2.43. The fourth-order valence-corrected chi connectivity index (χ4v) is 2.31. The summed E-state index contributed by atoms with van der Waals surface area (Å²) in [5.41, 5.74) is 7.79. The predicted molar refractivity (Wildman–Crippen MR) is 67.7 cm³/mol. The maximum absolute atomic E-state index is 13.1. The highest BCUT2D eigenvalue weighted by atomic mass is 35.5. The highest BCUT2D eigenvalue weighted by molar-refractivity contribution is 5.85. The number of nitrogens with two attached hydrogens (primary N) is 1. The van der Waals surface area contributed by atoms with Crippen LogP contribution in [-0.4, -0.2) is 5.92 Å². The van der Waals surface area contributed by atoms with E-state index in [2.05, 4.69) is 0 Å². The lowest BCUT2D eigenvalue weighted by atomic mass is 9.76. The fourth-order valence-electron chi connectivity index (χ4n) is 2.31. The number of aryl methyl sites for hydroxylation is 1. The second kappa shape index (κ2) is 4.91. The standard InChI is InChI=1S/C13H17F2N.ClH/c1-10-3-2-4-11(9-10)12(16)5-7-13(14,15)8-6-12;/h2-4,9H,5-8,16H2,1H3;1H. The third-order valence-corrected chi connectivity index (χ3v) is 3.47. The molecule has 0 heterocycles. The number of benzene rings is 1. The van der Waals surface area contributed by atoms with Crippen LogP contribution in [0, 0.1) is 6.92 Å². The second-order valence-electron chi connectivity index (χ2n) is 4.88. The summed E-state index contributed by atoms with van der Waals surface area (Å²) in [7, 11) is 0. The number of alkyl halides is 2. The van der Waals surface area contributed by atoms with Crippen molar-refractivity contribution < 1.29 is 8.78 Å². The lowest BCUT2D eigenvalue weighted by molar-refractivity contribution is -0.0514. The topological polar surface area (TPSA) is 26.0 Å². The first-order valence-corrected chi connectivity index (χ1v) is 5.65. The van der Waals surface area contributed by atoms with E-state index in [1.165, 1.54) is 0 Å². The Morgan fingerprint density at radius 2 is 1.71 bits per heavy atom. The van der Waals surface area contributed by atoms with Crippen LogP contribution in [0.5, 0.6) is 0 Å². The minimum absolute atomic E-state index is 0. The van der Waals surface area contributed by atoms with E-state index < -0.39 is 11.5 Å². The van der Waals surface area contributed by atoms with Gasteiger partial charge in [0.25, 0.3) is 0 Å². The molecule has 1 aromatic rings. The van der Waals surface area contributed by atoms with Gasteiger partial charge in [0.05, 0.1) is 0 Å². The number of hydrogen-bond acceptors (Lipinski definition) is 1. The van der Waals surface area contributed by atoms with Crippen LogP contribution in [0.3, 0.4) is 0 Å². The van der Waals surface area contributed by atoms with Crippen molar-refractivity contribution in [2.24, 2.45) is 5.73 Å². The Kier molecular flexibility index (Phi) is 4.15. The van der Waals surface area contributed by atoms with E-state index in [1.54, 1.807) is 0 Å². The summed E-state index contributed by atoms with van der Waals surface area (Å²) in [5.74, 6) is -2.52. The largest absolute Gasteiger partial charge is 0.321 e. The molecule has 0 bridgehead atoms. The van der Waals surface area contributed by atoms with Crippen LogP contribution in [0.15, 0.2) is 24.3 Å². The maximum atomic E-state index is 13.1. The zero-order chi connectivity index (χ0) is 11.8. The van der Waals surface area contributed by atoms with Gasteiger partial charge in [0.15, 0.2) is 0 Å². The molecule has 1 saturated carbocycles. The number of rotatable bonds is 1. The maximum Gasteiger partial charge on any atom is 0.248 e. The van der Waals surface area contributed by atoms with Gasteiger partial charge in [-0.25, -0.2) is 8.78 Å². The SMILES string of the molecule is Cc1cccc(C2(N)CCC(F)(F)CC2)c1.Cl. The number of hydrogen-bond donors (Lipinski definition) is 1. The molecule has 2 N–H and O–H groups in total. The van der Waals surface area contributed by atoms with Crippen molar-refractivity contribution in [1.82, 2.24) is 0 Å². The molecule has 1 fully saturated rings. The van der Waals surface area contributed by atoms with Gasteiger partial charge >= 0.3 is 0 Å². The van der Waals surface area contributed by atoms with Crippen LogP contribution < -0.4 is 5.73 Å². The molecule has 0 unspecified atom stereocenters. The Balaban J connectivity index is 0.00000144. The average molecular weight is 262 g/mol. The van der Waals surface area contributed by atoms with Crippen molar-refractivity contribution in [1.29, 1.82) is 0 Å². The minimum Gasteiger partial charge on any atom is -0.321 e. The normalized spacial score (nSPS) is 21.6. The van der Waals surface area contributed by atoms with Crippen molar-refractivity contribution in [3.05, 3.63) is 35.4 Å². The van der Waals surface area contributed by atoms with E-state index in [1.807, 2.05) is 31.2 Å². The molecule has 96 valence electrons. The van der Waals surface area contributed by atoms with Gasteiger partial charge in [-0.2, -0.15) is 0 Å². The summed E-state index contributed by atoms with van der Waals surface area (Å²) in [6.07, 6.45) is 0.530. The van der Waals surface area contributed by atoms with Crippen molar-refractivity contribution in [2.75, 3.05) is 0 Å². The Labute approximate surface area is 107 Å². The Bertz CT molecular complexity index is 383. The third kappa shape index (κ3) is 3.17. The predicted octanol–water partition coefficient (Wildman–Crippen LogP) is 3.78. The van der Waals surface area contributed by atoms with Gasteiger partial charge in [-0.3, -0.25) is 0 Å². The molecule has 0 saturated heterocycles. The van der Waals surface area contributed by atoms with E-state index in [4.69, 9.17) is 5.73 Å². The monoisotopic (exact) mass is 261 g/mol. The van der Waals surface area contributed by atoms with E-state index in [0.29, 0.717) is 12.8 Å². The second-order valence-corrected chi connectivity index (χ2v) is 4.88. The summed E-state index contributed by atoms with van der Waals surface area (Å²) in [6.45, 7) is 1.99. The zero-order valence-corrected chi connectivity index (χ0v) is 10.7. The molecular weight excluding hydrogens is 244 g/mol. The third-order valence-electron chi connectivity index (χ3n) is 3.47. The summed E-state index contributed by atoms with van der Waals surface area (Å²) in [6, 6.07) is 7.87. The van der Waals surface area contributed by atoms with Crippen molar-refractivity contribution in [2.45, 2.75) is 44.1 Å². The van der Waals surface area contributed by atoms with Gasteiger partial charge in [0.1, 0.15) is 0 Å². The minimum atomic E-state index is -2.52. The molecule has 1 aliphatic carbocycles. The molecular formula is C13H18ClF2N. The molecule has 4 heteroatoms. The van der Waals surface area contributed by atoms with Crippen LogP contribution >= 0.6 is 12.4 Å². The van der Waals surface area contributed by atoms with Gasteiger partial charge in [-0.1, -0.05) is 29.8 Å². The van der Waals surface area contributed by atoms with Crippen LogP contribution in [0.2, 0.25) is 0 Å². The van der Waals surface area contributed by atoms with Crippen molar-refractivity contribution >= 4 is 12.4 Å². The molecule has 0 spiro atoms. The van der Waals surface area contributed by atoms with Gasteiger partial charge < -0.3 is 5.73 Å². The Morgan fingerprint density at radius 1 is 1.12 bits per heavy atom. The molecule has 1 aromatic carbocycles. The van der Waals surface area contributed by atoms with E-state index in [-0.39, 0.29) is 25.2 Å². The quantitative estimate of drug-likeness (QED) is 0.818. The molecule has 0 amide bonds. The van der Waals surface area contributed by atoms with E-state index in [0.717, 1.165) is 11.1 Å². The first-order valence-electron chi connectivity index (χ1n) is 5.65. The lowest BCUT2D eigenvalue weighted by Gasteiger charge is -2.37. The van der Waals surface area contributed by atoms with Gasteiger partial charge in [0, 0.05) is 18.4 Å². The van der Waals surface area contributed by atoms with Crippen molar-refractivity contribution in [3.63, 3.8) is 0 Å².